The van der Waals surface area contributed by atoms with Gasteiger partial charge in [0.25, 0.3) is 4.84 Å². The molecule has 0 amide bonds. The molecule has 1 saturated heterocycles. The molecule has 0 atom stereocenters. The average molecular weight is 388 g/mol. The molecule has 6 nitrogen and oxygen atoms in total. The molecule has 26 heavy (non-hydrogen) atoms. The minimum atomic E-state index is 0.381. The molecule has 4 rings (SSSR count). The van der Waals surface area contributed by atoms with Gasteiger partial charge < -0.3 is 9.32 Å². The zero-order valence-corrected chi connectivity index (χ0v) is 15.7. The third-order valence-electron chi connectivity index (χ3n) is 4.43. The van der Waals surface area contributed by atoms with Gasteiger partial charge in [-0.2, -0.15) is 0 Å². The fourth-order valence-corrected chi connectivity index (χ4v) is 3.30. The third kappa shape index (κ3) is 3.80. The Balaban J connectivity index is 1.41. The van der Waals surface area contributed by atoms with E-state index < -0.39 is 0 Å². The first-order valence-corrected chi connectivity index (χ1v) is 9.19. The summed E-state index contributed by atoms with van der Waals surface area (Å²) in [6, 6.07) is 11.5. The van der Waals surface area contributed by atoms with Crippen LogP contribution in [0.2, 0.25) is 5.02 Å². The minimum Gasteiger partial charge on any atom is -0.409 e. The van der Waals surface area contributed by atoms with E-state index in [1.54, 1.807) is 4.68 Å². The maximum Gasteiger partial charge on any atom is 0.288 e. The summed E-state index contributed by atoms with van der Waals surface area (Å²) in [5.74, 6) is 0.516. The normalized spacial score (nSPS) is 15.3. The topological polar surface area (TPSA) is 50.3 Å². The number of nitrogens with zero attached hydrogens (tertiary/aromatic N) is 5. The van der Waals surface area contributed by atoms with E-state index in [0.29, 0.717) is 22.4 Å². The van der Waals surface area contributed by atoms with E-state index in [1.807, 2.05) is 48.8 Å². The highest BCUT2D eigenvalue weighted by molar-refractivity contribution is 7.71. The van der Waals surface area contributed by atoms with Crippen LogP contribution in [0.25, 0.3) is 11.5 Å². The second-order valence-corrected chi connectivity index (χ2v) is 6.92. The lowest BCUT2D eigenvalue weighted by atomic mass is 10.2. The summed E-state index contributed by atoms with van der Waals surface area (Å²) in [5.41, 5.74) is 2.07. The monoisotopic (exact) mass is 387 g/mol. The van der Waals surface area contributed by atoms with Gasteiger partial charge in [0.15, 0.2) is 0 Å². The first kappa shape index (κ1) is 17.2. The van der Waals surface area contributed by atoms with E-state index in [0.717, 1.165) is 31.7 Å². The number of hydrogen-bond donors (Lipinski definition) is 0. The van der Waals surface area contributed by atoms with Crippen molar-refractivity contribution in [3.05, 3.63) is 58.7 Å². The molecule has 1 aromatic carbocycles. The number of aromatic nitrogens is 3. The van der Waals surface area contributed by atoms with Crippen LogP contribution in [0.3, 0.4) is 0 Å². The van der Waals surface area contributed by atoms with E-state index in [1.165, 1.54) is 5.69 Å². The second-order valence-electron chi connectivity index (χ2n) is 6.13. The number of benzene rings is 1. The van der Waals surface area contributed by atoms with Gasteiger partial charge >= 0.3 is 0 Å². The lowest BCUT2D eigenvalue weighted by Crippen LogP contribution is -2.46. The molecular weight excluding hydrogens is 370 g/mol. The maximum atomic E-state index is 5.93. The Labute approximate surface area is 161 Å². The molecule has 0 bridgehead atoms. The largest absolute Gasteiger partial charge is 0.409 e. The fraction of sp³-hybridized carbons (Fsp3) is 0.278. The summed E-state index contributed by atoms with van der Waals surface area (Å²) in [6.45, 7) is 4.42. The van der Waals surface area contributed by atoms with Crippen LogP contribution in [0.5, 0.6) is 0 Å². The smallest absolute Gasteiger partial charge is 0.288 e. The van der Waals surface area contributed by atoms with Crippen LogP contribution >= 0.6 is 23.8 Å². The van der Waals surface area contributed by atoms with Gasteiger partial charge in [0, 0.05) is 54.8 Å². The number of pyridine rings is 1. The molecular formula is C18H18ClN5OS. The maximum absolute atomic E-state index is 5.93. The van der Waals surface area contributed by atoms with Gasteiger partial charge in [0.05, 0.1) is 6.67 Å². The lowest BCUT2D eigenvalue weighted by molar-refractivity contribution is 0.192. The van der Waals surface area contributed by atoms with Gasteiger partial charge in [0.1, 0.15) is 0 Å². The number of piperazine rings is 1. The van der Waals surface area contributed by atoms with Gasteiger partial charge in [-0.25, -0.2) is 4.68 Å². The van der Waals surface area contributed by atoms with Crippen molar-refractivity contribution in [1.29, 1.82) is 0 Å². The molecule has 0 spiro atoms. The summed E-state index contributed by atoms with van der Waals surface area (Å²) < 4.78 is 7.39. The zero-order chi connectivity index (χ0) is 17.9. The van der Waals surface area contributed by atoms with Crippen molar-refractivity contribution in [2.24, 2.45) is 0 Å². The van der Waals surface area contributed by atoms with Gasteiger partial charge in [-0.05, 0) is 48.6 Å². The standard InChI is InChI=1S/C18H18ClN5OS/c19-15-3-1-14(2-4-15)17-21-24(18(26)25-17)13-22-9-11-23(12-10-22)16-5-7-20-8-6-16/h1-8H,9-13H2. The van der Waals surface area contributed by atoms with Crippen molar-refractivity contribution in [3.8, 4) is 11.5 Å². The van der Waals surface area contributed by atoms with Crippen molar-refractivity contribution in [1.82, 2.24) is 19.7 Å². The number of anilines is 1. The molecule has 0 unspecified atom stereocenters. The number of halogens is 1. The van der Waals surface area contributed by atoms with Crippen molar-refractivity contribution in [2.45, 2.75) is 6.67 Å². The first-order chi connectivity index (χ1) is 12.7. The third-order valence-corrected chi connectivity index (χ3v) is 4.98. The molecule has 134 valence electrons. The fourth-order valence-electron chi connectivity index (χ4n) is 3.00. The van der Waals surface area contributed by atoms with Gasteiger partial charge in [-0.1, -0.05) is 11.6 Å². The molecule has 0 aliphatic carbocycles. The quantitative estimate of drug-likeness (QED) is 0.636. The van der Waals surface area contributed by atoms with Gasteiger partial charge in [-0.15, -0.1) is 5.10 Å². The van der Waals surface area contributed by atoms with Crippen LogP contribution in [-0.2, 0) is 6.67 Å². The summed E-state index contributed by atoms with van der Waals surface area (Å²) in [5, 5.41) is 5.20. The lowest BCUT2D eigenvalue weighted by Gasteiger charge is -2.35. The Kier molecular flexibility index (Phi) is 5.01. The van der Waals surface area contributed by atoms with Crippen LogP contribution in [-0.4, -0.2) is 45.8 Å². The summed E-state index contributed by atoms with van der Waals surface area (Å²) in [4.78, 5) is 9.14. The molecule has 3 heterocycles. The van der Waals surface area contributed by atoms with Gasteiger partial charge in [0.2, 0.25) is 5.89 Å². The Hall–Kier alpha value is -2.22. The molecule has 8 heteroatoms. The highest BCUT2D eigenvalue weighted by Gasteiger charge is 2.19. The van der Waals surface area contributed by atoms with Crippen molar-refractivity contribution < 1.29 is 4.42 Å². The molecule has 1 aliphatic heterocycles. The summed E-state index contributed by atoms with van der Waals surface area (Å²) >= 11 is 11.3. The molecule has 2 aromatic heterocycles. The zero-order valence-electron chi connectivity index (χ0n) is 14.1. The van der Waals surface area contributed by atoms with Crippen LogP contribution in [0, 0.1) is 4.84 Å². The molecule has 1 fully saturated rings. The molecule has 0 saturated carbocycles. The Morgan fingerprint density at radius 2 is 1.69 bits per heavy atom. The highest BCUT2D eigenvalue weighted by Crippen LogP contribution is 2.21. The second kappa shape index (κ2) is 7.57. The Bertz CT molecular complexity index is 917. The average Bonchev–Trinajstić information content (AvgIpc) is 3.04. The predicted molar refractivity (Wildman–Crippen MR) is 104 cm³/mol. The van der Waals surface area contributed by atoms with E-state index in [9.17, 15) is 0 Å². The van der Waals surface area contributed by atoms with Gasteiger partial charge in [-0.3, -0.25) is 9.88 Å². The predicted octanol–water partition coefficient (Wildman–Crippen LogP) is 3.70. The van der Waals surface area contributed by atoms with Crippen LogP contribution < -0.4 is 4.90 Å². The number of hydrogen-bond acceptors (Lipinski definition) is 6. The van der Waals surface area contributed by atoms with Crippen LogP contribution in [0.1, 0.15) is 0 Å². The van der Waals surface area contributed by atoms with Crippen molar-refractivity contribution in [3.63, 3.8) is 0 Å². The Morgan fingerprint density at radius 1 is 1.00 bits per heavy atom. The van der Waals surface area contributed by atoms with E-state index >= 15 is 0 Å². The van der Waals surface area contributed by atoms with Crippen molar-refractivity contribution in [2.75, 3.05) is 31.1 Å². The van der Waals surface area contributed by atoms with Crippen molar-refractivity contribution >= 4 is 29.5 Å². The summed E-state index contributed by atoms with van der Waals surface area (Å²) in [7, 11) is 0. The Morgan fingerprint density at radius 3 is 2.38 bits per heavy atom. The van der Waals surface area contributed by atoms with Crippen LogP contribution in [0.4, 0.5) is 5.69 Å². The number of rotatable bonds is 4. The van der Waals surface area contributed by atoms with Crippen LogP contribution in [0.15, 0.2) is 53.2 Å². The van der Waals surface area contributed by atoms with E-state index in [2.05, 4.69) is 19.9 Å². The minimum absolute atomic E-state index is 0.381. The molecule has 0 N–H and O–H groups in total. The van der Waals surface area contributed by atoms with E-state index in [-0.39, 0.29) is 0 Å². The first-order valence-electron chi connectivity index (χ1n) is 8.40. The van der Waals surface area contributed by atoms with E-state index in [4.69, 9.17) is 28.2 Å². The SMILES string of the molecule is S=c1oc(-c2ccc(Cl)cc2)nn1CN1CCN(c2ccncc2)CC1. The molecule has 1 aliphatic rings. The summed E-state index contributed by atoms with van der Waals surface area (Å²) in [6.07, 6.45) is 3.66. The highest BCUT2D eigenvalue weighted by atomic mass is 35.5. The molecule has 0 radical (unpaired) electrons. The molecule has 3 aromatic rings.